The molecule has 74 valence electrons. The van der Waals surface area contributed by atoms with Gasteiger partial charge in [-0.2, -0.15) is 0 Å². The van der Waals surface area contributed by atoms with Gasteiger partial charge in [0.2, 0.25) is 0 Å². The average Bonchev–Trinajstić information content (AvgIpc) is 1.99. The Labute approximate surface area is 116 Å². The van der Waals surface area contributed by atoms with Crippen molar-refractivity contribution in [2.75, 3.05) is 14.2 Å². The lowest BCUT2D eigenvalue weighted by Gasteiger charge is -2.24. The van der Waals surface area contributed by atoms with Gasteiger partial charge in [0.05, 0.1) is 0 Å². The molecule has 6 heteroatoms. The largest absolute Gasteiger partial charge is 0.398 e. The second-order valence-electron chi connectivity index (χ2n) is 2.66. The van der Waals surface area contributed by atoms with Gasteiger partial charge in [0, 0.05) is 14.2 Å². The molecule has 2 nitrogen and oxygen atoms in total. The molecule has 0 aliphatic rings. The highest BCUT2D eigenvalue weighted by Gasteiger charge is 2.32. The molecule has 0 unspecified atom stereocenters. The summed E-state index contributed by atoms with van der Waals surface area (Å²) in [6.45, 7) is 2.10. The topological polar surface area (TPSA) is 18.5 Å². The van der Waals surface area contributed by atoms with Crippen molar-refractivity contribution in [3.8, 4) is 0 Å². The number of alkyl halides is 3. The highest BCUT2D eigenvalue weighted by Crippen LogP contribution is 2.41. The smallest absolute Gasteiger partial charge is 0.334 e. The first-order chi connectivity index (χ1) is 5.33. The maximum Gasteiger partial charge on any atom is 0.334 e. The van der Waals surface area contributed by atoms with Crippen LogP contribution in [-0.2, 0) is 8.85 Å². The number of rotatable bonds is 5. The van der Waals surface area contributed by atoms with Crippen LogP contribution in [0.5, 0.6) is 0 Å². The summed E-state index contributed by atoms with van der Waals surface area (Å²) in [6.07, 6.45) is 1.12. The third kappa shape index (κ3) is 6.73. The normalized spacial score (nSPS) is 13.5. The highest BCUT2D eigenvalue weighted by atomic mass is 127. The number of hydrogen-bond acceptors (Lipinski definition) is 2. The Morgan fingerprint density at radius 2 is 1.58 bits per heavy atom. The molecular weight excluding hydrogens is 513 g/mol. The van der Waals surface area contributed by atoms with Crippen LogP contribution >= 0.6 is 67.8 Å². The molecule has 0 fully saturated rings. The maximum absolute atomic E-state index is 5.39. The molecule has 0 rings (SSSR count). The van der Waals surface area contributed by atoms with Crippen LogP contribution in [0.25, 0.3) is 0 Å². The van der Waals surface area contributed by atoms with E-state index in [0.29, 0.717) is -0.565 Å². The zero-order valence-corrected chi connectivity index (χ0v) is 14.8. The molecule has 0 radical (unpaired) electrons. The van der Waals surface area contributed by atoms with Crippen LogP contribution in [0.4, 0.5) is 0 Å². The fourth-order valence-electron chi connectivity index (χ4n) is 0.656. The van der Waals surface area contributed by atoms with Gasteiger partial charge in [0.1, 0.15) is -0.565 Å². The first kappa shape index (κ1) is 14.3. The lowest BCUT2D eigenvalue weighted by molar-refractivity contribution is 0.249. The molecule has 0 amide bonds. The molecule has 0 aromatic heterocycles. The third-order valence-corrected chi connectivity index (χ3v) is 6.23. The molecule has 0 bridgehead atoms. The van der Waals surface area contributed by atoms with Gasteiger partial charge in [0.25, 0.3) is 0 Å². The molecule has 0 aromatic rings. The number of hydrogen-bond donors (Lipinski definition) is 0. The Morgan fingerprint density at radius 3 is 1.83 bits per heavy atom. The zero-order valence-electron chi connectivity index (χ0n) is 7.36. The molecule has 0 heterocycles. The van der Waals surface area contributed by atoms with Gasteiger partial charge in [-0.3, -0.25) is 0 Å². The fraction of sp³-hybridized carbons (Fsp3) is 1.00. The molecule has 0 aromatic carbocycles. The van der Waals surface area contributed by atoms with Crippen molar-refractivity contribution >= 4 is 76.3 Å². The van der Waals surface area contributed by atoms with Crippen LogP contribution in [0.15, 0.2) is 0 Å². The Morgan fingerprint density at radius 1 is 1.17 bits per heavy atom. The molecule has 0 N–H and O–H groups in total. The molecule has 0 atom stereocenters. The van der Waals surface area contributed by atoms with E-state index in [9.17, 15) is 0 Å². The van der Waals surface area contributed by atoms with Crippen molar-refractivity contribution in [1.82, 2.24) is 0 Å². The van der Waals surface area contributed by atoms with Gasteiger partial charge in [0.15, 0.2) is 0 Å². The first-order valence-corrected chi connectivity index (χ1v) is 9.26. The summed E-state index contributed by atoms with van der Waals surface area (Å²) >= 11 is 7.30. The number of halogens is 3. The molecule has 0 saturated heterocycles. The van der Waals surface area contributed by atoms with E-state index in [2.05, 4.69) is 74.3 Å². The van der Waals surface area contributed by atoms with E-state index in [4.69, 9.17) is 8.85 Å². The third-order valence-electron chi connectivity index (χ3n) is 1.73. The van der Waals surface area contributed by atoms with Crippen LogP contribution in [0.2, 0.25) is 12.6 Å². The quantitative estimate of drug-likeness (QED) is 0.310. The van der Waals surface area contributed by atoms with Gasteiger partial charge in [-0.15, -0.1) is 0 Å². The predicted molar refractivity (Wildman–Crippen MR) is 79.9 cm³/mol. The van der Waals surface area contributed by atoms with E-state index in [1.807, 2.05) is 0 Å². The minimum Gasteiger partial charge on any atom is -0.398 e. The maximum atomic E-state index is 5.39. The average molecular weight is 526 g/mol. The summed E-state index contributed by atoms with van der Waals surface area (Å²) in [5, 5.41) is 0. The van der Waals surface area contributed by atoms with E-state index in [0.717, 1.165) is 12.5 Å². The summed E-state index contributed by atoms with van der Waals surface area (Å²) in [6, 6.07) is 1.05. The molecule has 0 aliphatic carbocycles. The SMILES string of the molecule is CO[Si](C)(CCC(I)(I)I)OC. The first-order valence-electron chi connectivity index (χ1n) is 3.50. The van der Waals surface area contributed by atoms with Gasteiger partial charge in [-0.05, 0) is 19.0 Å². The van der Waals surface area contributed by atoms with Crippen molar-refractivity contribution < 1.29 is 8.85 Å². The lowest BCUT2D eigenvalue weighted by Crippen LogP contribution is -2.36. The molecule has 12 heavy (non-hydrogen) atoms. The minimum atomic E-state index is -1.82. The lowest BCUT2D eigenvalue weighted by atomic mass is 10.6. The molecule has 0 spiro atoms. The predicted octanol–water partition coefficient (Wildman–Crippen LogP) is 3.70. The van der Waals surface area contributed by atoms with Crippen LogP contribution < -0.4 is 0 Å². The molecule has 0 saturated carbocycles. The minimum absolute atomic E-state index is 0.290. The van der Waals surface area contributed by atoms with Crippen molar-refractivity contribution in [1.29, 1.82) is 0 Å². The Balaban J connectivity index is 3.89. The van der Waals surface area contributed by atoms with Crippen molar-refractivity contribution in [2.24, 2.45) is 0 Å². The summed E-state index contributed by atoms with van der Waals surface area (Å²) in [7, 11) is 1.66. The monoisotopic (exact) mass is 526 g/mol. The van der Waals surface area contributed by atoms with Crippen LogP contribution in [0.3, 0.4) is 0 Å². The summed E-state index contributed by atoms with van der Waals surface area (Å²) < 4.78 is 11.1. The van der Waals surface area contributed by atoms with E-state index >= 15 is 0 Å². The van der Waals surface area contributed by atoms with E-state index in [1.165, 1.54) is 0 Å². The van der Waals surface area contributed by atoms with Gasteiger partial charge >= 0.3 is 8.56 Å². The van der Waals surface area contributed by atoms with Crippen LogP contribution in [0, 0.1) is 0 Å². The van der Waals surface area contributed by atoms with Crippen molar-refractivity contribution in [3.63, 3.8) is 0 Å². The van der Waals surface area contributed by atoms with Crippen LogP contribution in [0.1, 0.15) is 6.42 Å². The van der Waals surface area contributed by atoms with Crippen LogP contribution in [-0.4, -0.2) is 22.2 Å². The van der Waals surface area contributed by atoms with E-state index < -0.39 is 8.56 Å². The summed E-state index contributed by atoms with van der Waals surface area (Å²) in [5.74, 6) is 0. The summed E-state index contributed by atoms with van der Waals surface area (Å²) in [4.78, 5) is 0. The fourth-order valence-corrected chi connectivity index (χ4v) is 4.40. The van der Waals surface area contributed by atoms with Gasteiger partial charge in [-0.1, -0.05) is 67.8 Å². The highest BCUT2D eigenvalue weighted by molar-refractivity contribution is 14.3. The second kappa shape index (κ2) is 6.03. The standard InChI is InChI=1S/C6H13I3O2Si/c1-10-12(3,11-2)5-4-6(7,8)9/h4-5H2,1-3H3. The van der Waals surface area contributed by atoms with Gasteiger partial charge < -0.3 is 8.85 Å². The Bertz CT molecular complexity index is 133. The second-order valence-corrected chi connectivity index (χ2v) is 18.0. The van der Waals surface area contributed by atoms with Crippen molar-refractivity contribution in [3.05, 3.63) is 0 Å². The van der Waals surface area contributed by atoms with Gasteiger partial charge in [-0.25, -0.2) is 0 Å². The molecular formula is C6H13I3O2Si. The summed E-state index contributed by atoms with van der Waals surface area (Å²) in [5.41, 5.74) is 0. The molecule has 0 aliphatic heterocycles. The Hall–Kier alpha value is 2.33. The van der Waals surface area contributed by atoms with Crippen molar-refractivity contribution in [2.45, 2.75) is 18.4 Å². The Kier molecular flexibility index (Phi) is 7.20. The van der Waals surface area contributed by atoms with E-state index in [-0.39, 0.29) is 0 Å². The zero-order chi connectivity index (χ0) is 9.83. The van der Waals surface area contributed by atoms with E-state index in [1.54, 1.807) is 14.2 Å².